The molecule has 0 bridgehead atoms. The van der Waals surface area contributed by atoms with Crippen molar-refractivity contribution in [3.63, 3.8) is 0 Å². The zero-order chi connectivity index (χ0) is 14.4. The van der Waals surface area contributed by atoms with E-state index >= 15 is 0 Å². The highest BCUT2D eigenvalue weighted by molar-refractivity contribution is 9.10. The molecule has 0 atom stereocenters. The van der Waals surface area contributed by atoms with Crippen LogP contribution in [0.2, 0.25) is 0 Å². The molecule has 0 saturated heterocycles. The summed E-state index contributed by atoms with van der Waals surface area (Å²) in [5, 5.41) is 0. The van der Waals surface area contributed by atoms with Crippen LogP contribution in [-0.4, -0.2) is 18.5 Å². The van der Waals surface area contributed by atoms with E-state index in [1.807, 2.05) is 12.1 Å². The molecule has 0 fully saturated rings. The smallest absolute Gasteiger partial charge is 0.0346 e. The Kier molecular flexibility index (Phi) is 5.62. The Morgan fingerprint density at radius 3 is 2.45 bits per heavy atom. The summed E-state index contributed by atoms with van der Waals surface area (Å²) in [4.78, 5) is 2.35. The van der Waals surface area contributed by atoms with Gasteiger partial charge in [-0.1, -0.05) is 46.3 Å². The maximum Gasteiger partial charge on any atom is 0.0346 e. The molecule has 2 rings (SSSR count). The number of anilines is 1. The van der Waals surface area contributed by atoms with Gasteiger partial charge in [0.25, 0.3) is 0 Å². The van der Waals surface area contributed by atoms with Gasteiger partial charge < -0.3 is 10.6 Å². The van der Waals surface area contributed by atoms with Crippen molar-refractivity contribution in [1.29, 1.82) is 0 Å². The fourth-order valence-electron chi connectivity index (χ4n) is 2.28. The predicted molar refractivity (Wildman–Crippen MR) is 89.7 cm³/mol. The molecule has 2 aromatic rings. The Morgan fingerprint density at radius 2 is 1.75 bits per heavy atom. The highest BCUT2D eigenvalue weighted by Gasteiger charge is 2.02. The van der Waals surface area contributed by atoms with Crippen molar-refractivity contribution >= 4 is 21.6 Å². The summed E-state index contributed by atoms with van der Waals surface area (Å²) in [6.07, 6.45) is 2.17. The standard InChI is InChI=1S/C17H21BrN2/c1-20(13-14-8-10-16(18)11-9-14)12-4-6-15-5-2-3-7-17(15)19/h2-3,5,7-11H,4,6,12-13,19H2,1H3. The number of nitrogens with two attached hydrogens (primary N) is 1. The van der Waals surface area contributed by atoms with Gasteiger partial charge in [0, 0.05) is 16.7 Å². The molecule has 0 aromatic heterocycles. The number of rotatable bonds is 6. The van der Waals surface area contributed by atoms with E-state index in [2.05, 4.69) is 64.3 Å². The van der Waals surface area contributed by atoms with Crippen molar-refractivity contribution in [2.75, 3.05) is 19.3 Å². The Hall–Kier alpha value is -1.32. The molecule has 2 aromatic carbocycles. The number of hydrogen-bond acceptors (Lipinski definition) is 2. The first-order valence-electron chi connectivity index (χ1n) is 6.91. The Bertz CT molecular complexity index is 537. The number of nitrogen functional groups attached to an aromatic ring is 1. The molecule has 0 amide bonds. The third kappa shape index (κ3) is 4.66. The van der Waals surface area contributed by atoms with E-state index in [4.69, 9.17) is 5.73 Å². The summed E-state index contributed by atoms with van der Waals surface area (Å²) in [7, 11) is 2.16. The van der Waals surface area contributed by atoms with E-state index in [1.165, 1.54) is 11.1 Å². The van der Waals surface area contributed by atoms with Crippen molar-refractivity contribution in [1.82, 2.24) is 4.90 Å². The van der Waals surface area contributed by atoms with E-state index in [0.717, 1.165) is 36.1 Å². The minimum atomic E-state index is 0.906. The lowest BCUT2D eigenvalue weighted by molar-refractivity contribution is 0.322. The molecule has 0 aliphatic rings. The van der Waals surface area contributed by atoms with Gasteiger partial charge in [-0.15, -0.1) is 0 Å². The van der Waals surface area contributed by atoms with Gasteiger partial charge in [-0.2, -0.15) is 0 Å². The van der Waals surface area contributed by atoms with E-state index in [0.29, 0.717) is 0 Å². The maximum absolute atomic E-state index is 5.96. The zero-order valence-electron chi connectivity index (χ0n) is 11.8. The molecule has 3 heteroatoms. The van der Waals surface area contributed by atoms with E-state index < -0.39 is 0 Å². The van der Waals surface area contributed by atoms with E-state index in [-0.39, 0.29) is 0 Å². The predicted octanol–water partition coefficient (Wildman–Crippen LogP) is 4.10. The van der Waals surface area contributed by atoms with E-state index in [9.17, 15) is 0 Å². The van der Waals surface area contributed by atoms with Crippen LogP contribution in [0.3, 0.4) is 0 Å². The largest absolute Gasteiger partial charge is 0.399 e. The van der Waals surface area contributed by atoms with Gasteiger partial charge in [0.1, 0.15) is 0 Å². The third-order valence-corrected chi connectivity index (χ3v) is 3.94. The molecule has 0 spiro atoms. The van der Waals surface area contributed by atoms with E-state index in [1.54, 1.807) is 0 Å². The second kappa shape index (κ2) is 7.46. The molecule has 0 aliphatic heterocycles. The first-order chi connectivity index (χ1) is 9.65. The molecule has 0 radical (unpaired) electrons. The van der Waals surface area contributed by atoms with Gasteiger partial charge in [0.15, 0.2) is 0 Å². The number of aryl methyl sites for hydroxylation is 1. The summed E-state index contributed by atoms with van der Waals surface area (Å²) in [5.74, 6) is 0. The van der Waals surface area contributed by atoms with Gasteiger partial charge in [0.2, 0.25) is 0 Å². The molecule has 0 unspecified atom stereocenters. The van der Waals surface area contributed by atoms with Gasteiger partial charge >= 0.3 is 0 Å². The lowest BCUT2D eigenvalue weighted by atomic mass is 10.1. The van der Waals surface area contributed by atoms with Gasteiger partial charge in [-0.25, -0.2) is 0 Å². The van der Waals surface area contributed by atoms with Gasteiger partial charge in [-0.05, 0) is 55.8 Å². The minimum Gasteiger partial charge on any atom is -0.399 e. The summed E-state index contributed by atoms with van der Waals surface area (Å²) in [5.41, 5.74) is 9.46. The fraction of sp³-hybridized carbons (Fsp3) is 0.294. The van der Waals surface area contributed by atoms with Crippen molar-refractivity contribution in [2.24, 2.45) is 0 Å². The number of benzene rings is 2. The van der Waals surface area contributed by atoms with Crippen molar-refractivity contribution in [2.45, 2.75) is 19.4 Å². The van der Waals surface area contributed by atoms with Gasteiger partial charge in [-0.3, -0.25) is 0 Å². The molecule has 0 aliphatic carbocycles. The average Bonchev–Trinajstić information content (AvgIpc) is 2.43. The molecule has 20 heavy (non-hydrogen) atoms. The highest BCUT2D eigenvalue weighted by Crippen LogP contribution is 2.14. The zero-order valence-corrected chi connectivity index (χ0v) is 13.4. The summed E-state index contributed by atoms with van der Waals surface area (Å²) >= 11 is 3.46. The second-order valence-electron chi connectivity index (χ2n) is 5.17. The quantitative estimate of drug-likeness (QED) is 0.807. The van der Waals surface area contributed by atoms with Crippen LogP contribution in [0.15, 0.2) is 53.0 Å². The SMILES string of the molecule is CN(CCCc1ccccc1N)Cc1ccc(Br)cc1. The Morgan fingerprint density at radius 1 is 1.05 bits per heavy atom. The van der Waals surface area contributed by atoms with Crippen LogP contribution in [0.5, 0.6) is 0 Å². The van der Waals surface area contributed by atoms with Crippen LogP contribution in [0.1, 0.15) is 17.5 Å². The summed E-state index contributed by atoms with van der Waals surface area (Å²) in [6.45, 7) is 2.06. The molecular formula is C17H21BrN2. The molecule has 2 nitrogen and oxygen atoms in total. The fourth-order valence-corrected chi connectivity index (χ4v) is 2.55. The van der Waals surface area contributed by atoms with Crippen LogP contribution in [-0.2, 0) is 13.0 Å². The third-order valence-electron chi connectivity index (χ3n) is 3.41. The van der Waals surface area contributed by atoms with Crippen LogP contribution in [0.25, 0.3) is 0 Å². The summed E-state index contributed by atoms with van der Waals surface area (Å²) < 4.78 is 1.13. The number of hydrogen-bond donors (Lipinski definition) is 1. The lowest BCUT2D eigenvalue weighted by Gasteiger charge is -2.17. The van der Waals surface area contributed by atoms with Crippen molar-refractivity contribution in [3.8, 4) is 0 Å². The summed E-state index contributed by atoms with van der Waals surface area (Å²) in [6, 6.07) is 16.6. The number of nitrogens with zero attached hydrogens (tertiary/aromatic N) is 1. The molecule has 0 heterocycles. The molecule has 0 saturated carbocycles. The molecule has 106 valence electrons. The highest BCUT2D eigenvalue weighted by atomic mass is 79.9. The van der Waals surface area contributed by atoms with Crippen molar-refractivity contribution < 1.29 is 0 Å². The molecular weight excluding hydrogens is 312 g/mol. The van der Waals surface area contributed by atoms with Crippen LogP contribution < -0.4 is 5.73 Å². The van der Waals surface area contributed by atoms with Gasteiger partial charge in [0.05, 0.1) is 0 Å². The first kappa shape index (κ1) is 15.1. The van der Waals surface area contributed by atoms with Crippen LogP contribution in [0.4, 0.5) is 5.69 Å². The molecule has 2 N–H and O–H groups in total. The first-order valence-corrected chi connectivity index (χ1v) is 7.71. The Balaban J connectivity index is 1.76. The lowest BCUT2D eigenvalue weighted by Crippen LogP contribution is -2.19. The topological polar surface area (TPSA) is 29.3 Å². The number of halogens is 1. The van der Waals surface area contributed by atoms with Crippen LogP contribution >= 0.6 is 15.9 Å². The van der Waals surface area contributed by atoms with Crippen LogP contribution in [0, 0.1) is 0 Å². The number of para-hydroxylation sites is 1. The monoisotopic (exact) mass is 332 g/mol. The maximum atomic E-state index is 5.96. The Labute approximate surface area is 129 Å². The van der Waals surface area contributed by atoms with Crippen molar-refractivity contribution in [3.05, 3.63) is 64.1 Å². The minimum absolute atomic E-state index is 0.906. The average molecular weight is 333 g/mol. The second-order valence-corrected chi connectivity index (χ2v) is 6.08. The normalized spacial score (nSPS) is 10.9.